The van der Waals surface area contributed by atoms with E-state index in [-0.39, 0.29) is 21.2 Å². The Kier molecular flexibility index (Phi) is 21.1. The van der Waals surface area contributed by atoms with Crippen LogP contribution < -0.4 is 25.9 Å². The van der Waals surface area contributed by atoms with Crippen molar-refractivity contribution in [2.24, 2.45) is 0 Å². The van der Waals surface area contributed by atoms with Crippen LogP contribution in [-0.2, 0) is 4.74 Å². The molecule has 0 N–H and O–H groups in total. The summed E-state index contributed by atoms with van der Waals surface area (Å²) in [7, 11) is 1.12. The predicted octanol–water partition coefficient (Wildman–Crippen LogP) is 7.01. The number of hydrogen-bond acceptors (Lipinski definition) is 2. The quantitative estimate of drug-likeness (QED) is 0.0655. The number of hydrogen-bond donors (Lipinski definition) is 0. The first-order chi connectivity index (χ1) is 18.8. The lowest BCUT2D eigenvalue weighted by molar-refractivity contribution is -0.597. The Morgan fingerprint density at radius 2 is 1.18 bits per heavy atom. The van der Waals surface area contributed by atoms with Crippen molar-refractivity contribution in [2.45, 2.75) is 122 Å². The molecule has 0 saturated heterocycles. The van der Waals surface area contributed by atoms with E-state index >= 15 is 0 Å². The van der Waals surface area contributed by atoms with E-state index < -0.39 is 0 Å². The van der Waals surface area contributed by atoms with Crippen LogP contribution in [0.4, 0.5) is 0 Å². The lowest BCUT2D eigenvalue weighted by Gasteiger charge is -2.16. The van der Waals surface area contributed by atoms with Gasteiger partial charge in [-0.05, 0) is 48.4 Å². The summed E-state index contributed by atoms with van der Waals surface area (Å²) >= 11 is -0.110. The number of benzene rings is 2. The molecule has 2 rings (SSSR count). The highest BCUT2D eigenvalue weighted by Gasteiger charge is 2.14. The maximum atomic E-state index is 5.90. The van der Waals surface area contributed by atoms with E-state index in [1.807, 2.05) is 0 Å². The predicted molar refractivity (Wildman–Crippen MR) is 162 cm³/mol. The first-order valence-corrected chi connectivity index (χ1v) is 19.0. The molecule has 0 aliphatic carbocycles. The van der Waals surface area contributed by atoms with Gasteiger partial charge in [0.2, 0.25) is 0 Å². The zero-order chi connectivity index (χ0) is 26.9. The average molecular weight is 650 g/mol. The summed E-state index contributed by atoms with van der Waals surface area (Å²) < 4.78 is 14.7. The Labute approximate surface area is 248 Å². The third-order valence-electron chi connectivity index (χ3n) is 6.97. The molecular formula is C34H54IO2Si+. The fourth-order valence-corrected chi connectivity index (χ4v) is 8.48. The number of rotatable bonds is 25. The largest absolute Gasteiger partial charge is 0.491 e. The first kappa shape index (κ1) is 33.4. The summed E-state index contributed by atoms with van der Waals surface area (Å²) in [4.78, 5) is 0. The van der Waals surface area contributed by atoms with Gasteiger partial charge < -0.3 is 9.47 Å². The molecule has 0 aromatic heterocycles. The Hall–Kier alpha value is -0.853. The van der Waals surface area contributed by atoms with Gasteiger partial charge >= 0.3 is 21.2 Å². The average Bonchev–Trinajstić information content (AvgIpc) is 2.95. The summed E-state index contributed by atoms with van der Waals surface area (Å²) in [5.41, 5.74) is 0.961. The molecule has 0 amide bonds. The third-order valence-corrected chi connectivity index (χ3v) is 11.5. The second kappa shape index (κ2) is 24.0. The molecule has 0 spiro atoms. The zero-order valence-corrected chi connectivity index (χ0v) is 27.6. The van der Waals surface area contributed by atoms with E-state index in [0.717, 1.165) is 27.4 Å². The minimum Gasteiger partial charge on any atom is -0.491 e. The molecule has 212 valence electrons. The van der Waals surface area contributed by atoms with Crippen molar-refractivity contribution in [3.8, 4) is 5.75 Å². The monoisotopic (exact) mass is 649 g/mol. The van der Waals surface area contributed by atoms with Gasteiger partial charge in [-0.15, -0.1) is 0 Å². The molecule has 2 radical (unpaired) electrons. The maximum absolute atomic E-state index is 5.90. The SMILES string of the molecule is CCCCCCCCC(CCCCCCCC)[Si]CCCOCCOc1ccc([I+]c2ccccc2)cc1. The summed E-state index contributed by atoms with van der Waals surface area (Å²) in [5.74, 6) is 0.947. The van der Waals surface area contributed by atoms with Crippen LogP contribution in [0.5, 0.6) is 5.75 Å². The van der Waals surface area contributed by atoms with Gasteiger partial charge in [-0.25, -0.2) is 0 Å². The fraction of sp³-hybridized carbons (Fsp3) is 0.647. The molecule has 0 bridgehead atoms. The summed E-state index contributed by atoms with van der Waals surface area (Å²) in [6.45, 7) is 6.80. The van der Waals surface area contributed by atoms with E-state index in [4.69, 9.17) is 9.47 Å². The summed E-state index contributed by atoms with van der Waals surface area (Å²) in [5, 5.41) is 0. The van der Waals surface area contributed by atoms with Crippen LogP contribution in [0.1, 0.15) is 110 Å². The van der Waals surface area contributed by atoms with Crippen LogP contribution in [-0.4, -0.2) is 29.3 Å². The zero-order valence-electron chi connectivity index (χ0n) is 24.4. The van der Waals surface area contributed by atoms with Crippen molar-refractivity contribution < 1.29 is 30.7 Å². The van der Waals surface area contributed by atoms with Gasteiger partial charge in [0.1, 0.15) is 12.4 Å². The minimum atomic E-state index is -0.110. The van der Waals surface area contributed by atoms with Crippen molar-refractivity contribution in [1.82, 2.24) is 0 Å². The highest BCUT2D eigenvalue weighted by atomic mass is 127. The van der Waals surface area contributed by atoms with Crippen molar-refractivity contribution in [1.29, 1.82) is 0 Å². The molecule has 2 aromatic carbocycles. The van der Waals surface area contributed by atoms with E-state index in [1.165, 1.54) is 109 Å². The molecule has 4 heteroatoms. The van der Waals surface area contributed by atoms with Crippen LogP contribution in [0, 0.1) is 7.14 Å². The smallest absolute Gasteiger partial charge is 0.357 e. The molecule has 38 heavy (non-hydrogen) atoms. The second-order valence-electron chi connectivity index (χ2n) is 10.4. The molecule has 0 fully saturated rings. The maximum Gasteiger partial charge on any atom is 0.357 e. The lowest BCUT2D eigenvalue weighted by Crippen LogP contribution is -3.61. The standard InChI is InChI=1S/C34H54IO2Si/c1-3-5-7-9-11-16-21-34(22-17-12-10-8-6-4-2)38-30-18-27-36-28-29-37-33-25-23-32(24-26-33)35-31-19-14-13-15-20-31/h13-15,19-20,23-26,34H,3-12,16-18,21-22,27-30H2,1-2H3/q+1. The summed E-state index contributed by atoms with van der Waals surface area (Å²) in [6.07, 6.45) is 21.2. The van der Waals surface area contributed by atoms with Crippen molar-refractivity contribution in [3.05, 3.63) is 61.7 Å². The lowest BCUT2D eigenvalue weighted by atomic mass is 10.0. The van der Waals surface area contributed by atoms with Crippen LogP contribution >= 0.6 is 0 Å². The van der Waals surface area contributed by atoms with Crippen LogP contribution in [0.15, 0.2) is 54.6 Å². The van der Waals surface area contributed by atoms with Gasteiger partial charge in [0, 0.05) is 16.1 Å². The van der Waals surface area contributed by atoms with Crippen molar-refractivity contribution in [2.75, 3.05) is 19.8 Å². The second-order valence-corrected chi connectivity index (χ2v) is 15.2. The molecule has 0 saturated carbocycles. The topological polar surface area (TPSA) is 18.5 Å². The minimum absolute atomic E-state index is 0.110. The highest BCUT2D eigenvalue weighted by molar-refractivity contribution is 6.37. The van der Waals surface area contributed by atoms with Gasteiger partial charge in [0.25, 0.3) is 0 Å². The van der Waals surface area contributed by atoms with Crippen molar-refractivity contribution >= 4 is 9.52 Å². The van der Waals surface area contributed by atoms with E-state index in [9.17, 15) is 0 Å². The molecule has 0 heterocycles. The van der Waals surface area contributed by atoms with E-state index in [1.54, 1.807) is 0 Å². The van der Waals surface area contributed by atoms with Crippen LogP contribution in [0.2, 0.25) is 11.6 Å². The Morgan fingerprint density at radius 1 is 0.605 bits per heavy atom. The van der Waals surface area contributed by atoms with Crippen LogP contribution in [0.3, 0.4) is 0 Å². The number of ether oxygens (including phenoxy) is 2. The molecule has 2 nitrogen and oxygen atoms in total. The van der Waals surface area contributed by atoms with E-state index in [2.05, 4.69) is 68.4 Å². The molecule has 0 unspecified atom stereocenters. The highest BCUT2D eigenvalue weighted by Crippen LogP contribution is 2.24. The van der Waals surface area contributed by atoms with Gasteiger partial charge in [0.15, 0.2) is 7.14 Å². The number of halogens is 1. The summed E-state index contributed by atoms with van der Waals surface area (Å²) in [6, 6.07) is 20.7. The molecule has 0 aliphatic heterocycles. The Bertz CT molecular complexity index is 752. The molecule has 0 atom stereocenters. The molecule has 2 aromatic rings. The normalized spacial score (nSPS) is 11.3. The fourth-order valence-electron chi connectivity index (χ4n) is 4.69. The molecule has 0 aliphatic rings. The van der Waals surface area contributed by atoms with E-state index in [0.29, 0.717) is 13.2 Å². The van der Waals surface area contributed by atoms with Gasteiger partial charge in [-0.2, -0.15) is 0 Å². The molecular weight excluding hydrogens is 595 g/mol. The Morgan fingerprint density at radius 3 is 1.82 bits per heavy atom. The number of unbranched alkanes of at least 4 members (excludes halogenated alkanes) is 10. The van der Waals surface area contributed by atoms with Gasteiger partial charge in [-0.1, -0.05) is 128 Å². The third kappa shape index (κ3) is 17.7. The Balaban J connectivity index is 1.52. The van der Waals surface area contributed by atoms with Gasteiger partial charge in [0.05, 0.1) is 6.61 Å². The van der Waals surface area contributed by atoms with Crippen LogP contribution in [0.25, 0.3) is 0 Å². The van der Waals surface area contributed by atoms with Crippen molar-refractivity contribution in [3.63, 3.8) is 0 Å². The van der Waals surface area contributed by atoms with Gasteiger partial charge in [-0.3, -0.25) is 0 Å². The first-order valence-electron chi connectivity index (χ1n) is 15.6.